The smallest absolute Gasteiger partial charge is 0.232 e. The number of hydrogen-bond donors (Lipinski definition) is 3. The number of nitrogens with zero attached hydrogens (tertiary/aromatic N) is 3. The van der Waals surface area contributed by atoms with Gasteiger partial charge in [0.25, 0.3) is 0 Å². The van der Waals surface area contributed by atoms with Crippen LogP contribution in [-0.2, 0) is 4.79 Å². The fourth-order valence-electron chi connectivity index (χ4n) is 3.84. The van der Waals surface area contributed by atoms with E-state index in [4.69, 9.17) is 9.47 Å². The number of phenols is 1. The molecule has 1 aliphatic rings. The zero-order valence-electron chi connectivity index (χ0n) is 16.9. The van der Waals surface area contributed by atoms with Crippen LogP contribution in [0.5, 0.6) is 17.2 Å². The maximum Gasteiger partial charge on any atom is 0.232 e. The van der Waals surface area contributed by atoms with E-state index in [2.05, 4.69) is 20.7 Å². The Morgan fingerprint density at radius 2 is 1.93 bits per heavy atom. The molecule has 3 atom stereocenters. The Kier molecular flexibility index (Phi) is 5.18. The average Bonchev–Trinajstić information content (AvgIpc) is 3.21. The number of fused-ring (bicyclic) bond motifs is 1. The van der Waals surface area contributed by atoms with Crippen molar-refractivity contribution in [3.63, 3.8) is 0 Å². The second kappa shape index (κ2) is 7.94. The van der Waals surface area contributed by atoms with Crippen LogP contribution in [0.25, 0.3) is 0 Å². The molecule has 0 bridgehead atoms. The first-order valence-corrected chi connectivity index (χ1v) is 9.50. The number of rotatable bonds is 5. The third-order valence-corrected chi connectivity index (χ3v) is 5.29. The molecule has 1 aromatic heterocycles. The topological polar surface area (TPSA) is 111 Å². The van der Waals surface area contributed by atoms with Crippen LogP contribution in [-0.4, -0.2) is 46.0 Å². The van der Waals surface area contributed by atoms with Gasteiger partial charge in [-0.3, -0.25) is 4.79 Å². The summed E-state index contributed by atoms with van der Waals surface area (Å²) in [5.41, 5.74) is 1.36. The number of phenolic OH excluding ortho intramolecular Hbond substituents is 1. The molecule has 3 N–H and O–H groups in total. The van der Waals surface area contributed by atoms with Gasteiger partial charge in [0.2, 0.25) is 11.9 Å². The van der Waals surface area contributed by atoms with Crippen molar-refractivity contribution in [3.8, 4) is 17.2 Å². The van der Waals surface area contributed by atoms with Crippen molar-refractivity contribution in [1.29, 1.82) is 0 Å². The molecule has 4 rings (SSSR count). The van der Waals surface area contributed by atoms with Gasteiger partial charge in [-0.05, 0) is 36.8 Å². The zero-order valence-corrected chi connectivity index (χ0v) is 16.9. The first-order chi connectivity index (χ1) is 14.5. The molecule has 0 aliphatic carbocycles. The third kappa shape index (κ3) is 3.38. The highest BCUT2D eigenvalue weighted by atomic mass is 16.5. The Labute approximate surface area is 173 Å². The van der Waals surface area contributed by atoms with Crippen LogP contribution in [0.2, 0.25) is 0 Å². The Hall–Kier alpha value is -3.75. The van der Waals surface area contributed by atoms with E-state index in [1.807, 2.05) is 19.1 Å². The molecule has 156 valence electrons. The van der Waals surface area contributed by atoms with E-state index in [1.165, 1.54) is 13.4 Å². The maximum absolute atomic E-state index is 13.4. The minimum Gasteiger partial charge on any atom is -0.504 e. The van der Waals surface area contributed by atoms with Gasteiger partial charge in [-0.15, -0.1) is 0 Å². The summed E-state index contributed by atoms with van der Waals surface area (Å²) >= 11 is 0. The Morgan fingerprint density at radius 1 is 1.17 bits per heavy atom. The minimum atomic E-state index is -0.529. The quantitative estimate of drug-likeness (QED) is 0.594. The van der Waals surface area contributed by atoms with E-state index in [-0.39, 0.29) is 17.7 Å². The van der Waals surface area contributed by atoms with Crippen molar-refractivity contribution in [1.82, 2.24) is 14.8 Å². The van der Waals surface area contributed by atoms with E-state index in [1.54, 1.807) is 42.1 Å². The van der Waals surface area contributed by atoms with Crippen molar-refractivity contribution >= 4 is 17.5 Å². The van der Waals surface area contributed by atoms with Crippen LogP contribution in [0, 0.1) is 5.92 Å². The molecule has 0 saturated heterocycles. The number of nitrogens with one attached hydrogen (secondary N) is 2. The summed E-state index contributed by atoms with van der Waals surface area (Å²) in [7, 11) is 3.04. The lowest BCUT2D eigenvalue weighted by atomic mass is 9.85. The summed E-state index contributed by atoms with van der Waals surface area (Å²) in [5, 5.41) is 20.6. The number of hydrogen-bond acceptors (Lipinski definition) is 7. The second-order valence-electron chi connectivity index (χ2n) is 7.05. The summed E-state index contributed by atoms with van der Waals surface area (Å²) in [4.78, 5) is 17.7. The third-order valence-electron chi connectivity index (χ3n) is 5.29. The van der Waals surface area contributed by atoms with Gasteiger partial charge in [-0.2, -0.15) is 10.1 Å². The van der Waals surface area contributed by atoms with Crippen LogP contribution in [0.15, 0.2) is 48.8 Å². The summed E-state index contributed by atoms with van der Waals surface area (Å²) in [6.07, 6.45) is 1.44. The van der Waals surface area contributed by atoms with Crippen LogP contribution >= 0.6 is 0 Å². The molecule has 0 spiro atoms. The van der Waals surface area contributed by atoms with E-state index in [0.717, 1.165) is 5.56 Å². The molecule has 1 amide bonds. The maximum atomic E-state index is 13.4. The molecule has 2 heterocycles. The number of ether oxygens (including phenoxy) is 2. The molecule has 3 aromatic rings. The van der Waals surface area contributed by atoms with Gasteiger partial charge in [-0.25, -0.2) is 4.68 Å². The molecule has 9 heteroatoms. The minimum absolute atomic E-state index is 0.0251. The Morgan fingerprint density at radius 3 is 2.70 bits per heavy atom. The van der Waals surface area contributed by atoms with Gasteiger partial charge in [-0.1, -0.05) is 18.2 Å². The van der Waals surface area contributed by atoms with Crippen molar-refractivity contribution in [2.75, 3.05) is 24.9 Å². The van der Waals surface area contributed by atoms with Gasteiger partial charge in [0.1, 0.15) is 12.1 Å². The molecule has 9 nitrogen and oxygen atoms in total. The van der Waals surface area contributed by atoms with Crippen LogP contribution in [0.1, 0.15) is 18.5 Å². The number of methoxy groups -OCH3 is 2. The fourth-order valence-corrected chi connectivity index (χ4v) is 3.84. The standard InChI is InChI=1S/C21H23N5O4/c1-12-18(20(28)25-14-6-4-5-7-16(14)29-2)19(26-21(24-12)22-11-23-26)13-8-9-15(27)17(10-13)30-3/h4-12,18-19,27H,1-3H3,(H,25,28)(H,22,23,24)/t12-,18+,19+/m1/s1. The first kappa shape index (κ1) is 19.6. The number of aromatic hydroxyl groups is 1. The highest BCUT2D eigenvalue weighted by molar-refractivity contribution is 5.95. The highest BCUT2D eigenvalue weighted by Crippen LogP contribution is 2.39. The average molecular weight is 409 g/mol. The number of benzene rings is 2. The largest absolute Gasteiger partial charge is 0.504 e. The lowest BCUT2D eigenvalue weighted by Gasteiger charge is -2.37. The predicted octanol–water partition coefficient (Wildman–Crippen LogP) is 2.66. The second-order valence-corrected chi connectivity index (χ2v) is 7.05. The van der Waals surface area contributed by atoms with E-state index >= 15 is 0 Å². The van der Waals surface area contributed by atoms with E-state index in [0.29, 0.717) is 23.1 Å². The zero-order chi connectivity index (χ0) is 21.3. The summed E-state index contributed by atoms with van der Waals surface area (Å²) < 4.78 is 12.3. The van der Waals surface area contributed by atoms with Crippen LogP contribution in [0.3, 0.4) is 0 Å². The summed E-state index contributed by atoms with van der Waals surface area (Å²) in [6, 6.07) is 11.6. The molecular formula is C21H23N5O4. The molecule has 0 saturated carbocycles. The van der Waals surface area contributed by atoms with Crippen molar-refractivity contribution < 1.29 is 19.4 Å². The molecule has 0 unspecified atom stereocenters. The number of carbonyl (C=O) groups excluding carboxylic acids is 1. The van der Waals surface area contributed by atoms with Gasteiger partial charge in [0.15, 0.2) is 11.5 Å². The number of anilines is 2. The number of carbonyl (C=O) groups is 1. The lowest BCUT2D eigenvalue weighted by molar-refractivity contribution is -0.121. The van der Waals surface area contributed by atoms with Gasteiger partial charge < -0.3 is 25.2 Å². The molecule has 2 aromatic carbocycles. The van der Waals surface area contributed by atoms with Crippen molar-refractivity contribution in [2.45, 2.75) is 19.0 Å². The fraction of sp³-hybridized carbons (Fsp3) is 0.286. The van der Waals surface area contributed by atoms with Gasteiger partial charge >= 0.3 is 0 Å². The predicted molar refractivity (Wildman–Crippen MR) is 111 cm³/mol. The number of aromatic nitrogens is 3. The van der Waals surface area contributed by atoms with Gasteiger partial charge in [0.05, 0.1) is 31.9 Å². The monoisotopic (exact) mass is 409 g/mol. The molecule has 1 aliphatic heterocycles. The normalized spacial score (nSPS) is 20.0. The summed E-state index contributed by atoms with van der Waals surface area (Å²) in [6.45, 7) is 1.93. The van der Waals surface area contributed by atoms with Gasteiger partial charge in [0, 0.05) is 6.04 Å². The van der Waals surface area contributed by atoms with Crippen LogP contribution in [0.4, 0.5) is 11.6 Å². The van der Waals surface area contributed by atoms with E-state index < -0.39 is 12.0 Å². The molecule has 0 fully saturated rings. The molecule has 30 heavy (non-hydrogen) atoms. The number of para-hydroxylation sites is 2. The Balaban J connectivity index is 1.75. The van der Waals surface area contributed by atoms with Crippen molar-refractivity contribution in [2.24, 2.45) is 5.92 Å². The SMILES string of the molecule is COc1cc([C@H]2[C@@H](C(=O)Nc3ccccc3OC)[C@@H](C)Nc3ncnn32)ccc1O. The van der Waals surface area contributed by atoms with E-state index in [9.17, 15) is 9.90 Å². The first-order valence-electron chi connectivity index (χ1n) is 9.50. The lowest BCUT2D eigenvalue weighted by Crippen LogP contribution is -2.46. The highest BCUT2D eigenvalue weighted by Gasteiger charge is 2.41. The molecule has 0 radical (unpaired) electrons. The molecular weight excluding hydrogens is 386 g/mol. The van der Waals surface area contributed by atoms with Crippen molar-refractivity contribution in [3.05, 3.63) is 54.4 Å². The Bertz CT molecular complexity index is 1070. The number of amides is 1. The van der Waals surface area contributed by atoms with Crippen LogP contribution < -0.4 is 20.1 Å². The summed E-state index contributed by atoms with van der Waals surface area (Å²) in [5.74, 6) is 0.768.